The van der Waals surface area contributed by atoms with Gasteiger partial charge in [0.2, 0.25) is 11.8 Å². The molecular formula is C22H26FN3O2S. The molecule has 1 aliphatic heterocycles. The summed E-state index contributed by atoms with van der Waals surface area (Å²) < 4.78 is 13.8. The van der Waals surface area contributed by atoms with Crippen LogP contribution in [0.2, 0.25) is 0 Å². The van der Waals surface area contributed by atoms with Gasteiger partial charge in [-0.15, -0.1) is 11.8 Å². The molecule has 0 aliphatic carbocycles. The number of nitrogens with one attached hydrogen (secondary N) is 2. The molecule has 154 valence electrons. The van der Waals surface area contributed by atoms with Gasteiger partial charge in [-0.2, -0.15) is 0 Å². The van der Waals surface area contributed by atoms with E-state index in [1.165, 1.54) is 17.8 Å². The van der Waals surface area contributed by atoms with Gasteiger partial charge in [-0.05, 0) is 37.1 Å². The number of halogens is 1. The van der Waals surface area contributed by atoms with Crippen LogP contribution in [0.15, 0.2) is 54.6 Å². The smallest absolute Gasteiger partial charge is 0.243 e. The van der Waals surface area contributed by atoms with Gasteiger partial charge in [-0.25, -0.2) is 4.39 Å². The highest BCUT2D eigenvalue weighted by Crippen LogP contribution is 2.23. The van der Waals surface area contributed by atoms with Crippen molar-refractivity contribution in [2.24, 2.45) is 0 Å². The third-order valence-corrected chi connectivity index (χ3v) is 6.46. The van der Waals surface area contributed by atoms with Crippen LogP contribution in [0.4, 0.5) is 10.1 Å². The molecule has 3 rings (SSSR count). The average molecular weight is 416 g/mol. The Balaban J connectivity index is 1.48. The molecule has 0 aromatic heterocycles. The average Bonchev–Trinajstić information content (AvgIpc) is 2.74. The predicted octanol–water partition coefficient (Wildman–Crippen LogP) is 2.61. The standard InChI is InChI=1S/C22H26FN3O2S/c1-15(26(2)17-9-4-3-5-10-17)13-24-21(27)19-14-29-20(22(28)25-19)12-16-8-6-7-11-18(16)23/h3-11,15,19-20H,12-14H2,1-2H3,(H,24,27)(H,25,28)/t15-,19+,20-/m1/s1. The van der Waals surface area contributed by atoms with Gasteiger partial charge >= 0.3 is 0 Å². The summed E-state index contributed by atoms with van der Waals surface area (Å²) in [6.07, 6.45) is 0.316. The maximum Gasteiger partial charge on any atom is 0.243 e. The number of nitrogens with zero attached hydrogens (tertiary/aromatic N) is 1. The van der Waals surface area contributed by atoms with Crippen molar-refractivity contribution in [1.82, 2.24) is 10.6 Å². The Morgan fingerprint density at radius 1 is 1.24 bits per heavy atom. The zero-order chi connectivity index (χ0) is 20.8. The van der Waals surface area contributed by atoms with Gasteiger partial charge < -0.3 is 15.5 Å². The number of carbonyl (C=O) groups excluding carboxylic acids is 2. The van der Waals surface area contributed by atoms with Gasteiger partial charge in [-0.3, -0.25) is 9.59 Å². The van der Waals surface area contributed by atoms with E-state index in [1.807, 2.05) is 44.3 Å². The SMILES string of the molecule is C[C@H](CNC(=O)[C@@H]1CS[C@H](Cc2ccccc2F)C(=O)N1)N(C)c1ccccc1. The van der Waals surface area contributed by atoms with Crippen molar-refractivity contribution in [3.8, 4) is 0 Å². The fraction of sp³-hybridized carbons (Fsp3) is 0.364. The largest absolute Gasteiger partial charge is 0.370 e. The molecule has 0 spiro atoms. The van der Waals surface area contributed by atoms with Gasteiger partial charge in [-0.1, -0.05) is 36.4 Å². The maximum atomic E-state index is 13.8. The molecular weight excluding hydrogens is 389 g/mol. The molecule has 3 atom stereocenters. The van der Waals surface area contributed by atoms with Crippen LogP contribution in [-0.2, 0) is 16.0 Å². The monoisotopic (exact) mass is 415 g/mol. The number of rotatable bonds is 7. The summed E-state index contributed by atoms with van der Waals surface area (Å²) in [6, 6.07) is 16.0. The highest BCUT2D eigenvalue weighted by atomic mass is 32.2. The third kappa shape index (κ3) is 5.50. The van der Waals surface area contributed by atoms with Crippen LogP contribution in [-0.4, -0.2) is 48.5 Å². The van der Waals surface area contributed by atoms with Crippen LogP contribution in [0.5, 0.6) is 0 Å². The molecule has 0 saturated carbocycles. The molecule has 7 heteroatoms. The molecule has 2 N–H and O–H groups in total. The normalized spacial score (nSPS) is 19.9. The number of carbonyl (C=O) groups is 2. The molecule has 2 aromatic rings. The van der Waals surface area contributed by atoms with Crippen LogP contribution >= 0.6 is 11.8 Å². The molecule has 29 heavy (non-hydrogen) atoms. The van der Waals surface area contributed by atoms with Crippen molar-refractivity contribution in [3.63, 3.8) is 0 Å². The molecule has 0 bridgehead atoms. The van der Waals surface area contributed by atoms with E-state index >= 15 is 0 Å². The molecule has 0 radical (unpaired) electrons. The second kappa shape index (κ2) is 9.78. The lowest BCUT2D eigenvalue weighted by molar-refractivity contribution is -0.128. The van der Waals surface area contributed by atoms with E-state index in [0.29, 0.717) is 24.3 Å². The summed E-state index contributed by atoms with van der Waals surface area (Å²) in [5, 5.41) is 5.32. The van der Waals surface area contributed by atoms with Crippen molar-refractivity contribution in [2.45, 2.75) is 30.7 Å². The number of thioether (sulfide) groups is 1. The summed E-state index contributed by atoms with van der Waals surface area (Å²) >= 11 is 1.40. The number of para-hydroxylation sites is 1. The van der Waals surface area contributed by atoms with Crippen molar-refractivity contribution in [2.75, 3.05) is 24.2 Å². The van der Waals surface area contributed by atoms with Crippen molar-refractivity contribution in [1.29, 1.82) is 0 Å². The second-order valence-electron chi connectivity index (χ2n) is 7.22. The van der Waals surface area contributed by atoms with E-state index < -0.39 is 6.04 Å². The Morgan fingerprint density at radius 2 is 1.93 bits per heavy atom. The zero-order valence-electron chi connectivity index (χ0n) is 16.6. The van der Waals surface area contributed by atoms with E-state index in [4.69, 9.17) is 0 Å². The lowest BCUT2D eigenvalue weighted by Crippen LogP contribution is -2.55. The Labute approximate surface area is 175 Å². The predicted molar refractivity (Wildman–Crippen MR) is 116 cm³/mol. The number of anilines is 1. The molecule has 2 amide bonds. The first-order valence-corrected chi connectivity index (χ1v) is 10.7. The molecule has 5 nitrogen and oxygen atoms in total. The van der Waals surface area contributed by atoms with Gasteiger partial charge in [0.05, 0.1) is 5.25 Å². The van der Waals surface area contributed by atoms with Crippen LogP contribution in [0.1, 0.15) is 12.5 Å². The van der Waals surface area contributed by atoms with Crippen molar-refractivity contribution >= 4 is 29.3 Å². The Hall–Kier alpha value is -2.54. The molecule has 0 unspecified atom stereocenters. The highest BCUT2D eigenvalue weighted by Gasteiger charge is 2.32. The zero-order valence-corrected chi connectivity index (χ0v) is 17.4. The minimum Gasteiger partial charge on any atom is -0.370 e. The number of hydrogen-bond donors (Lipinski definition) is 2. The highest BCUT2D eigenvalue weighted by molar-refractivity contribution is 8.00. The summed E-state index contributed by atoms with van der Waals surface area (Å²) in [5.74, 6) is -0.250. The first-order chi connectivity index (χ1) is 14.0. The number of hydrogen-bond acceptors (Lipinski definition) is 4. The van der Waals surface area contributed by atoms with Gasteiger partial charge in [0.1, 0.15) is 11.9 Å². The van der Waals surface area contributed by atoms with Crippen LogP contribution in [0.3, 0.4) is 0 Å². The van der Waals surface area contributed by atoms with Gasteiger partial charge in [0.15, 0.2) is 0 Å². The Bertz CT molecular complexity index is 849. The van der Waals surface area contributed by atoms with E-state index in [1.54, 1.807) is 18.2 Å². The summed E-state index contributed by atoms with van der Waals surface area (Å²) in [7, 11) is 1.98. The minimum atomic E-state index is -0.571. The first kappa shape index (κ1) is 21.2. The number of benzene rings is 2. The van der Waals surface area contributed by atoms with Crippen LogP contribution in [0, 0.1) is 5.82 Å². The second-order valence-corrected chi connectivity index (χ2v) is 8.46. The van der Waals surface area contributed by atoms with Crippen molar-refractivity contribution < 1.29 is 14.0 Å². The fourth-order valence-electron chi connectivity index (χ4n) is 3.18. The fourth-order valence-corrected chi connectivity index (χ4v) is 4.35. The van der Waals surface area contributed by atoms with Gasteiger partial charge in [0, 0.05) is 31.1 Å². The third-order valence-electron chi connectivity index (χ3n) is 5.15. The van der Waals surface area contributed by atoms with E-state index in [9.17, 15) is 14.0 Å². The number of amides is 2. The quantitative estimate of drug-likeness (QED) is 0.730. The van der Waals surface area contributed by atoms with E-state index in [2.05, 4.69) is 15.5 Å². The van der Waals surface area contributed by atoms with E-state index in [0.717, 1.165) is 5.69 Å². The summed E-state index contributed by atoms with van der Waals surface area (Å²) in [4.78, 5) is 27.0. The summed E-state index contributed by atoms with van der Waals surface area (Å²) in [6.45, 7) is 2.51. The molecule has 1 heterocycles. The lowest BCUT2D eigenvalue weighted by atomic mass is 10.1. The topological polar surface area (TPSA) is 61.4 Å². The molecule has 1 saturated heterocycles. The van der Waals surface area contributed by atoms with Crippen LogP contribution in [0.25, 0.3) is 0 Å². The summed E-state index contributed by atoms with van der Waals surface area (Å²) in [5.41, 5.74) is 1.59. The Kier molecular flexibility index (Phi) is 7.14. The number of likely N-dealkylation sites (N-methyl/N-ethyl adjacent to an activating group) is 1. The van der Waals surface area contributed by atoms with E-state index in [-0.39, 0.29) is 28.9 Å². The molecule has 2 aromatic carbocycles. The lowest BCUT2D eigenvalue weighted by Gasteiger charge is -2.30. The van der Waals surface area contributed by atoms with Gasteiger partial charge in [0.25, 0.3) is 0 Å². The molecule has 1 fully saturated rings. The molecule has 1 aliphatic rings. The van der Waals surface area contributed by atoms with Crippen molar-refractivity contribution in [3.05, 3.63) is 66.0 Å². The first-order valence-electron chi connectivity index (χ1n) is 9.66. The van der Waals surface area contributed by atoms with Crippen LogP contribution < -0.4 is 15.5 Å². The minimum absolute atomic E-state index is 0.0992. The maximum absolute atomic E-state index is 13.8. The Morgan fingerprint density at radius 3 is 2.62 bits per heavy atom.